The number of carbonyl (C=O) groups excluding carboxylic acids is 1. The zero-order valence-corrected chi connectivity index (χ0v) is 17.0. The van der Waals surface area contributed by atoms with Crippen LogP contribution in [-0.2, 0) is 14.8 Å². The Bertz CT molecular complexity index is 1290. The van der Waals surface area contributed by atoms with E-state index in [1.54, 1.807) is 11.3 Å². The van der Waals surface area contributed by atoms with Crippen molar-refractivity contribution in [1.82, 2.24) is 9.97 Å². The standard InChI is InChI=1S/C17H14N4O4S3/c1-9-19-15-13(26-9)7-6-12-16(15)27-17(20-12)21-14(22)8-25-10-2-4-11(5-3-10)28(18,23)24/h2-7H,8H2,1H3,(H2,18,23,24)(H,20,21,22). The Kier molecular flexibility index (Phi) is 4.75. The summed E-state index contributed by atoms with van der Waals surface area (Å²) in [5, 5.41) is 9.19. The molecule has 144 valence electrons. The Balaban J connectivity index is 1.44. The van der Waals surface area contributed by atoms with Gasteiger partial charge in [0.15, 0.2) is 11.7 Å². The predicted octanol–water partition coefficient (Wildman–Crippen LogP) is 2.88. The molecule has 4 aromatic rings. The van der Waals surface area contributed by atoms with Crippen molar-refractivity contribution >= 4 is 64.2 Å². The van der Waals surface area contributed by atoms with Crippen LogP contribution in [0.25, 0.3) is 20.4 Å². The first kappa shape index (κ1) is 18.7. The molecule has 2 aromatic heterocycles. The van der Waals surface area contributed by atoms with Gasteiger partial charge < -0.3 is 4.74 Å². The lowest BCUT2D eigenvalue weighted by molar-refractivity contribution is -0.118. The number of aryl methyl sites for hydroxylation is 1. The van der Waals surface area contributed by atoms with Crippen molar-refractivity contribution in [3.8, 4) is 5.75 Å². The number of nitrogens with one attached hydrogen (secondary N) is 1. The minimum absolute atomic E-state index is 0.0256. The summed E-state index contributed by atoms with van der Waals surface area (Å²) in [5.74, 6) is -0.0215. The predicted molar refractivity (Wildman–Crippen MR) is 109 cm³/mol. The molecule has 2 heterocycles. The number of thiazole rings is 2. The van der Waals surface area contributed by atoms with Gasteiger partial charge in [-0.2, -0.15) is 0 Å². The highest BCUT2D eigenvalue weighted by atomic mass is 32.2. The van der Waals surface area contributed by atoms with Crippen LogP contribution in [0.5, 0.6) is 5.75 Å². The van der Waals surface area contributed by atoms with Crippen molar-refractivity contribution in [3.63, 3.8) is 0 Å². The number of carbonyl (C=O) groups is 1. The molecule has 0 unspecified atom stereocenters. The SMILES string of the molecule is Cc1nc2c(ccc3nc(NC(=O)COc4ccc(S(N)(=O)=O)cc4)sc32)s1. The van der Waals surface area contributed by atoms with Gasteiger partial charge in [0.2, 0.25) is 10.0 Å². The molecular weight excluding hydrogens is 420 g/mol. The molecule has 0 radical (unpaired) electrons. The van der Waals surface area contributed by atoms with Gasteiger partial charge in [-0.05, 0) is 43.3 Å². The van der Waals surface area contributed by atoms with Crippen LogP contribution in [0.1, 0.15) is 5.01 Å². The highest BCUT2D eigenvalue weighted by Crippen LogP contribution is 2.34. The molecular formula is C17H14N4O4S3. The van der Waals surface area contributed by atoms with Crippen LogP contribution in [0.4, 0.5) is 5.13 Å². The topological polar surface area (TPSA) is 124 Å². The molecule has 0 bridgehead atoms. The van der Waals surface area contributed by atoms with E-state index in [0.29, 0.717) is 10.9 Å². The minimum Gasteiger partial charge on any atom is -0.484 e. The lowest BCUT2D eigenvalue weighted by atomic mass is 10.3. The number of sulfonamides is 1. The number of amides is 1. The monoisotopic (exact) mass is 434 g/mol. The Morgan fingerprint density at radius 3 is 2.61 bits per heavy atom. The third-order valence-corrected chi connectivity index (χ3v) is 6.65. The number of primary sulfonamides is 1. The molecule has 0 aliphatic carbocycles. The van der Waals surface area contributed by atoms with Crippen molar-refractivity contribution < 1.29 is 17.9 Å². The number of fused-ring (bicyclic) bond motifs is 3. The third-order valence-electron chi connectivity index (χ3n) is 3.79. The summed E-state index contributed by atoms with van der Waals surface area (Å²) in [6, 6.07) is 9.39. The summed E-state index contributed by atoms with van der Waals surface area (Å²) >= 11 is 2.97. The summed E-state index contributed by atoms with van der Waals surface area (Å²) in [6.07, 6.45) is 0. The number of hydrogen-bond donors (Lipinski definition) is 2. The van der Waals surface area contributed by atoms with Gasteiger partial charge in [-0.15, -0.1) is 11.3 Å². The van der Waals surface area contributed by atoms with Gasteiger partial charge in [-0.25, -0.2) is 23.5 Å². The maximum Gasteiger partial charge on any atom is 0.264 e. The number of benzene rings is 2. The van der Waals surface area contributed by atoms with Gasteiger partial charge in [-0.1, -0.05) is 11.3 Å². The maximum absolute atomic E-state index is 12.2. The quantitative estimate of drug-likeness (QED) is 0.498. The highest BCUT2D eigenvalue weighted by Gasteiger charge is 2.13. The molecule has 28 heavy (non-hydrogen) atoms. The van der Waals surface area contributed by atoms with E-state index in [0.717, 1.165) is 25.4 Å². The molecule has 0 saturated heterocycles. The summed E-state index contributed by atoms with van der Waals surface area (Å²) in [7, 11) is -3.76. The first-order chi connectivity index (χ1) is 13.3. The van der Waals surface area contributed by atoms with Crippen LogP contribution in [0.2, 0.25) is 0 Å². The normalized spacial score (nSPS) is 11.8. The van der Waals surface area contributed by atoms with Gasteiger partial charge in [0.25, 0.3) is 5.91 Å². The number of hydrogen-bond acceptors (Lipinski definition) is 8. The maximum atomic E-state index is 12.2. The van der Waals surface area contributed by atoms with E-state index in [4.69, 9.17) is 9.88 Å². The summed E-state index contributed by atoms with van der Waals surface area (Å²) in [5.41, 5.74) is 1.67. The van der Waals surface area contributed by atoms with E-state index in [2.05, 4.69) is 15.3 Å². The van der Waals surface area contributed by atoms with Gasteiger partial charge in [0.1, 0.15) is 11.3 Å². The summed E-state index contributed by atoms with van der Waals surface area (Å²) in [6.45, 7) is 1.71. The first-order valence-corrected chi connectivity index (χ1v) is 11.2. The molecule has 0 fully saturated rings. The molecule has 2 aromatic carbocycles. The van der Waals surface area contributed by atoms with E-state index < -0.39 is 10.0 Å². The van der Waals surface area contributed by atoms with Crippen molar-refractivity contribution in [2.24, 2.45) is 5.14 Å². The Hall–Kier alpha value is -2.60. The second kappa shape index (κ2) is 7.09. The molecule has 0 spiro atoms. The number of anilines is 1. The van der Waals surface area contributed by atoms with Gasteiger partial charge in [0.05, 0.1) is 24.8 Å². The second-order valence-corrected chi connectivity index (χ2v) is 9.66. The largest absolute Gasteiger partial charge is 0.484 e. The lowest BCUT2D eigenvalue weighted by Gasteiger charge is -2.06. The molecule has 1 amide bonds. The summed E-state index contributed by atoms with van der Waals surface area (Å²) < 4.78 is 29.8. The zero-order chi connectivity index (χ0) is 19.9. The van der Waals surface area contributed by atoms with Gasteiger partial charge in [-0.3, -0.25) is 10.1 Å². The Labute approximate surface area is 168 Å². The van der Waals surface area contributed by atoms with Crippen molar-refractivity contribution in [1.29, 1.82) is 0 Å². The number of nitrogens with zero attached hydrogens (tertiary/aromatic N) is 2. The molecule has 11 heteroatoms. The van der Waals surface area contributed by atoms with E-state index >= 15 is 0 Å². The molecule has 3 N–H and O–H groups in total. The summed E-state index contributed by atoms with van der Waals surface area (Å²) in [4.78, 5) is 21.1. The van der Waals surface area contributed by atoms with Crippen LogP contribution in [0.15, 0.2) is 41.3 Å². The first-order valence-electron chi connectivity index (χ1n) is 8.02. The van der Waals surface area contributed by atoms with E-state index in [1.807, 2.05) is 19.1 Å². The second-order valence-electron chi connectivity index (χ2n) is 5.87. The van der Waals surface area contributed by atoms with Crippen molar-refractivity contribution in [3.05, 3.63) is 41.4 Å². The Morgan fingerprint density at radius 2 is 1.89 bits per heavy atom. The zero-order valence-electron chi connectivity index (χ0n) is 14.5. The molecule has 0 saturated carbocycles. The molecule has 8 nitrogen and oxygen atoms in total. The Morgan fingerprint density at radius 1 is 1.14 bits per heavy atom. The highest BCUT2D eigenvalue weighted by molar-refractivity contribution is 7.89. The number of nitrogens with two attached hydrogens (primary N) is 1. The van der Waals surface area contributed by atoms with Crippen LogP contribution in [0, 0.1) is 6.92 Å². The fourth-order valence-corrected chi connectivity index (χ4v) is 4.96. The van der Waals surface area contributed by atoms with Crippen LogP contribution < -0.4 is 15.2 Å². The van der Waals surface area contributed by atoms with Crippen LogP contribution in [-0.4, -0.2) is 30.9 Å². The molecule has 0 aliphatic rings. The van der Waals surface area contributed by atoms with E-state index in [-0.39, 0.29) is 17.4 Å². The fourth-order valence-electron chi connectivity index (χ4n) is 2.57. The molecule has 4 rings (SSSR count). The number of rotatable bonds is 5. The average Bonchev–Trinajstić information content (AvgIpc) is 3.21. The fraction of sp³-hybridized carbons (Fsp3) is 0.118. The van der Waals surface area contributed by atoms with E-state index in [1.165, 1.54) is 35.6 Å². The van der Waals surface area contributed by atoms with Gasteiger partial charge in [0, 0.05) is 0 Å². The number of aromatic nitrogens is 2. The molecule has 0 atom stereocenters. The third kappa shape index (κ3) is 3.83. The van der Waals surface area contributed by atoms with Gasteiger partial charge >= 0.3 is 0 Å². The van der Waals surface area contributed by atoms with Crippen LogP contribution >= 0.6 is 22.7 Å². The van der Waals surface area contributed by atoms with E-state index in [9.17, 15) is 13.2 Å². The van der Waals surface area contributed by atoms with Crippen molar-refractivity contribution in [2.75, 3.05) is 11.9 Å². The minimum atomic E-state index is -3.76. The van der Waals surface area contributed by atoms with Crippen molar-refractivity contribution in [2.45, 2.75) is 11.8 Å². The van der Waals surface area contributed by atoms with Crippen LogP contribution in [0.3, 0.4) is 0 Å². The lowest BCUT2D eigenvalue weighted by Crippen LogP contribution is -2.20. The number of ether oxygens (including phenoxy) is 1. The average molecular weight is 435 g/mol. The smallest absolute Gasteiger partial charge is 0.264 e. The molecule has 0 aliphatic heterocycles.